The topological polar surface area (TPSA) is 36.2 Å². The summed E-state index contributed by atoms with van der Waals surface area (Å²) in [6, 6.07) is 3.10. The van der Waals surface area contributed by atoms with Gasteiger partial charge in [0.2, 0.25) is 0 Å². The van der Waals surface area contributed by atoms with E-state index in [0.29, 0.717) is 16.2 Å². The average molecular weight is 174 g/mol. The van der Waals surface area contributed by atoms with Gasteiger partial charge in [-0.05, 0) is 11.6 Å². The highest BCUT2D eigenvalue weighted by molar-refractivity contribution is 6.28. The second-order valence-electron chi connectivity index (χ2n) is 2.15. The standard InChI is InChI=1S/C7H8ClNO2/c1-5-3-6(11-2)4-7(8)9(5)10/h3-4H,1-2H3. The molecule has 0 N–H and O–H groups in total. The van der Waals surface area contributed by atoms with E-state index in [0.717, 1.165) is 0 Å². The second-order valence-corrected chi connectivity index (χ2v) is 2.54. The molecule has 1 aromatic heterocycles. The van der Waals surface area contributed by atoms with Crippen LogP contribution in [-0.4, -0.2) is 7.11 Å². The molecule has 60 valence electrons. The Morgan fingerprint density at radius 2 is 2.18 bits per heavy atom. The SMILES string of the molecule is COc1cc(C)[n+]([O-])c(Cl)c1. The van der Waals surface area contributed by atoms with Crippen molar-refractivity contribution in [2.45, 2.75) is 6.92 Å². The van der Waals surface area contributed by atoms with Crippen LogP contribution in [-0.2, 0) is 0 Å². The van der Waals surface area contributed by atoms with Crippen molar-refractivity contribution in [1.82, 2.24) is 0 Å². The predicted octanol–water partition coefficient (Wildman–Crippen LogP) is 1.29. The first-order valence-corrected chi connectivity index (χ1v) is 3.46. The summed E-state index contributed by atoms with van der Waals surface area (Å²) in [6.45, 7) is 1.67. The van der Waals surface area contributed by atoms with E-state index in [4.69, 9.17) is 16.3 Å². The Labute approximate surface area is 69.8 Å². The van der Waals surface area contributed by atoms with Crippen molar-refractivity contribution in [2.24, 2.45) is 0 Å². The van der Waals surface area contributed by atoms with Gasteiger partial charge in [0.15, 0.2) is 5.69 Å². The molecule has 0 spiro atoms. The third-order valence-corrected chi connectivity index (χ3v) is 1.63. The third kappa shape index (κ3) is 1.54. The number of hydrogen-bond donors (Lipinski definition) is 0. The first kappa shape index (κ1) is 8.14. The molecule has 0 unspecified atom stereocenters. The predicted molar refractivity (Wildman–Crippen MR) is 41.7 cm³/mol. The van der Waals surface area contributed by atoms with Crippen molar-refractivity contribution in [1.29, 1.82) is 0 Å². The lowest BCUT2D eigenvalue weighted by molar-refractivity contribution is -0.610. The van der Waals surface area contributed by atoms with E-state index in [1.807, 2.05) is 0 Å². The molecule has 1 aromatic rings. The maximum Gasteiger partial charge on any atom is 0.290 e. The van der Waals surface area contributed by atoms with Gasteiger partial charge in [-0.1, -0.05) is 0 Å². The molecule has 0 fully saturated rings. The van der Waals surface area contributed by atoms with E-state index in [1.54, 1.807) is 13.0 Å². The van der Waals surface area contributed by atoms with Crippen LogP contribution in [0.4, 0.5) is 0 Å². The molecule has 1 rings (SSSR count). The molecule has 1 heterocycles. The molecule has 0 radical (unpaired) electrons. The number of aromatic nitrogens is 1. The molecule has 11 heavy (non-hydrogen) atoms. The Bertz CT molecular complexity index is 252. The molecule has 0 aliphatic heterocycles. The number of methoxy groups -OCH3 is 1. The Morgan fingerprint density at radius 3 is 2.64 bits per heavy atom. The van der Waals surface area contributed by atoms with Crippen LogP contribution in [0.15, 0.2) is 12.1 Å². The summed E-state index contributed by atoms with van der Waals surface area (Å²) in [6.07, 6.45) is 0. The van der Waals surface area contributed by atoms with E-state index in [2.05, 4.69) is 0 Å². The summed E-state index contributed by atoms with van der Waals surface area (Å²) < 4.78 is 5.54. The third-order valence-electron chi connectivity index (χ3n) is 1.36. The highest BCUT2D eigenvalue weighted by atomic mass is 35.5. The van der Waals surface area contributed by atoms with Crippen LogP contribution < -0.4 is 9.47 Å². The highest BCUT2D eigenvalue weighted by Gasteiger charge is 2.07. The summed E-state index contributed by atoms with van der Waals surface area (Å²) in [7, 11) is 1.53. The minimum Gasteiger partial charge on any atom is -0.617 e. The normalized spacial score (nSPS) is 9.73. The number of hydrogen-bond acceptors (Lipinski definition) is 2. The van der Waals surface area contributed by atoms with Crippen LogP contribution in [0.2, 0.25) is 5.15 Å². The van der Waals surface area contributed by atoms with Crippen LogP contribution in [0.5, 0.6) is 5.75 Å². The van der Waals surface area contributed by atoms with Crippen LogP contribution >= 0.6 is 11.6 Å². The molecular formula is C7H8ClNO2. The van der Waals surface area contributed by atoms with Crippen LogP contribution in [0.1, 0.15) is 5.69 Å². The van der Waals surface area contributed by atoms with Gasteiger partial charge in [-0.3, -0.25) is 0 Å². The number of nitrogens with zero attached hydrogens (tertiary/aromatic N) is 1. The molecule has 0 aliphatic rings. The highest BCUT2D eigenvalue weighted by Crippen LogP contribution is 2.14. The second kappa shape index (κ2) is 2.96. The van der Waals surface area contributed by atoms with Gasteiger partial charge in [0.1, 0.15) is 5.75 Å². The van der Waals surface area contributed by atoms with Crippen LogP contribution in [0.3, 0.4) is 0 Å². The largest absolute Gasteiger partial charge is 0.617 e. The van der Waals surface area contributed by atoms with Gasteiger partial charge in [0.25, 0.3) is 5.15 Å². The van der Waals surface area contributed by atoms with Crippen molar-refractivity contribution < 1.29 is 9.47 Å². The molecule has 0 aromatic carbocycles. The summed E-state index contributed by atoms with van der Waals surface area (Å²) in [5.41, 5.74) is 0.523. The fraction of sp³-hybridized carbons (Fsp3) is 0.286. The number of ether oxygens (including phenoxy) is 1. The molecule has 0 amide bonds. The lowest BCUT2D eigenvalue weighted by Crippen LogP contribution is -2.31. The lowest BCUT2D eigenvalue weighted by atomic mass is 10.3. The van der Waals surface area contributed by atoms with Gasteiger partial charge in [-0.25, -0.2) is 0 Å². The van der Waals surface area contributed by atoms with Crippen molar-refractivity contribution in [3.63, 3.8) is 0 Å². The number of rotatable bonds is 1. The Kier molecular flexibility index (Phi) is 2.19. The zero-order valence-corrected chi connectivity index (χ0v) is 7.05. The summed E-state index contributed by atoms with van der Waals surface area (Å²) in [5, 5.41) is 11.1. The van der Waals surface area contributed by atoms with Crippen molar-refractivity contribution >= 4 is 11.6 Å². The van der Waals surface area contributed by atoms with Crippen LogP contribution in [0, 0.1) is 12.1 Å². The Balaban J connectivity index is 3.21. The molecular weight excluding hydrogens is 166 g/mol. The maximum absolute atomic E-state index is 11.0. The minimum absolute atomic E-state index is 0.127. The lowest BCUT2D eigenvalue weighted by Gasteiger charge is -2.04. The monoisotopic (exact) mass is 173 g/mol. The van der Waals surface area contributed by atoms with E-state index < -0.39 is 0 Å². The maximum atomic E-state index is 11.0. The zero-order chi connectivity index (χ0) is 8.43. The fourth-order valence-electron chi connectivity index (χ4n) is 0.769. The first-order chi connectivity index (χ1) is 5.15. The van der Waals surface area contributed by atoms with Gasteiger partial charge >= 0.3 is 0 Å². The van der Waals surface area contributed by atoms with Gasteiger partial charge < -0.3 is 9.94 Å². The first-order valence-electron chi connectivity index (χ1n) is 3.09. The summed E-state index contributed by atoms with van der Waals surface area (Å²) >= 11 is 5.57. The van der Waals surface area contributed by atoms with Crippen molar-refractivity contribution in [3.05, 3.63) is 28.2 Å². The van der Waals surface area contributed by atoms with Gasteiger partial charge in [0, 0.05) is 13.0 Å². The number of pyridine rings is 1. The summed E-state index contributed by atoms with van der Waals surface area (Å²) in [5.74, 6) is 0.597. The molecule has 0 aliphatic carbocycles. The van der Waals surface area contributed by atoms with Crippen molar-refractivity contribution in [2.75, 3.05) is 7.11 Å². The minimum atomic E-state index is 0.127. The summed E-state index contributed by atoms with van der Waals surface area (Å²) in [4.78, 5) is 0. The quantitative estimate of drug-likeness (QED) is 0.365. The van der Waals surface area contributed by atoms with Crippen LogP contribution in [0.25, 0.3) is 0 Å². The Hall–Kier alpha value is -0.960. The fourth-order valence-corrected chi connectivity index (χ4v) is 1.01. The number of halogens is 1. The van der Waals surface area contributed by atoms with Crippen molar-refractivity contribution in [3.8, 4) is 5.75 Å². The number of aryl methyl sites for hydroxylation is 1. The van der Waals surface area contributed by atoms with Gasteiger partial charge in [-0.2, -0.15) is 4.73 Å². The van der Waals surface area contributed by atoms with E-state index in [9.17, 15) is 5.21 Å². The van der Waals surface area contributed by atoms with Gasteiger partial charge in [0.05, 0.1) is 13.2 Å². The molecule has 3 nitrogen and oxygen atoms in total. The average Bonchev–Trinajstić information content (AvgIpc) is 1.99. The molecule has 0 saturated carbocycles. The smallest absolute Gasteiger partial charge is 0.290 e. The van der Waals surface area contributed by atoms with E-state index in [1.165, 1.54) is 13.2 Å². The molecule has 0 bridgehead atoms. The zero-order valence-electron chi connectivity index (χ0n) is 6.30. The molecule has 0 atom stereocenters. The molecule has 0 saturated heterocycles. The molecule has 4 heteroatoms. The Morgan fingerprint density at radius 1 is 1.55 bits per heavy atom. The van der Waals surface area contributed by atoms with E-state index >= 15 is 0 Å². The van der Waals surface area contributed by atoms with Gasteiger partial charge in [-0.15, -0.1) is 0 Å². The van der Waals surface area contributed by atoms with E-state index in [-0.39, 0.29) is 5.15 Å².